The zero-order valence-corrected chi connectivity index (χ0v) is 21.0. The van der Waals surface area contributed by atoms with E-state index < -0.39 is 11.4 Å². The minimum atomic E-state index is -0.635. The van der Waals surface area contributed by atoms with E-state index in [1.54, 1.807) is 18.2 Å². The molecule has 0 spiro atoms. The van der Waals surface area contributed by atoms with Crippen LogP contribution in [-0.4, -0.2) is 46.0 Å². The number of fused-ring (bicyclic) bond motifs is 1. The van der Waals surface area contributed by atoms with Gasteiger partial charge in [0.1, 0.15) is 17.2 Å². The highest BCUT2D eigenvalue weighted by Gasteiger charge is 2.24. The smallest absolute Gasteiger partial charge is 0.275 e. The Labute approximate surface area is 211 Å². The lowest BCUT2D eigenvalue weighted by Crippen LogP contribution is -2.34. The van der Waals surface area contributed by atoms with E-state index in [9.17, 15) is 18.4 Å². The molecule has 4 rings (SSSR count). The molecule has 188 valence electrons. The summed E-state index contributed by atoms with van der Waals surface area (Å²) < 4.78 is 28.7. The van der Waals surface area contributed by atoms with Gasteiger partial charge in [-0.25, -0.2) is 13.3 Å². The number of hydrogen-bond donors (Lipinski definition) is 2. The minimum Gasteiger partial charge on any atom is -0.350 e. The maximum atomic E-state index is 14.0. The van der Waals surface area contributed by atoms with Crippen LogP contribution in [0.2, 0.25) is 5.02 Å². The average Bonchev–Trinajstić information content (AvgIpc) is 3.22. The molecule has 0 aliphatic carbocycles. The number of nitrogens with zero attached hydrogens (tertiary/aromatic N) is 3. The summed E-state index contributed by atoms with van der Waals surface area (Å²) in [6, 6.07) is 10.1. The van der Waals surface area contributed by atoms with Crippen LogP contribution in [0.3, 0.4) is 0 Å². The number of halogens is 3. The van der Waals surface area contributed by atoms with Crippen molar-refractivity contribution in [3.63, 3.8) is 0 Å². The Morgan fingerprint density at radius 1 is 1.17 bits per heavy atom. The number of benzene rings is 2. The van der Waals surface area contributed by atoms with E-state index in [0.717, 1.165) is 5.56 Å². The van der Waals surface area contributed by atoms with Gasteiger partial charge >= 0.3 is 0 Å². The number of rotatable bonds is 7. The van der Waals surface area contributed by atoms with E-state index in [2.05, 4.69) is 15.4 Å². The van der Waals surface area contributed by atoms with E-state index in [1.807, 2.05) is 32.8 Å². The van der Waals surface area contributed by atoms with Crippen LogP contribution in [0.4, 0.5) is 8.78 Å². The zero-order valence-electron chi connectivity index (χ0n) is 20.3. The van der Waals surface area contributed by atoms with Crippen LogP contribution in [0.15, 0.2) is 53.5 Å². The second kappa shape index (κ2) is 10.2. The molecule has 10 heteroatoms. The van der Waals surface area contributed by atoms with Crippen LogP contribution in [0.25, 0.3) is 16.9 Å². The Morgan fingerprint density at radius 2 is 1.86 bits per heavy atom. The molecule has 2 heterocycles. The Kier molecular flexibility index (Phi) is 7.23. The number of carbonyl (C=O) groups is 1. The van der Waals surface area contributed by atoms with Crippen molar-refractivity contribution in [3.05, 3.63) is 92.4 Å². The number of nitrogens with one attached hydrogen (secondary N) is 2. The van der Waals surface area contributed by atoms with E-state index >= 15 is 0 Å². The standard InChI is InChI=1S/C26H26ClF2N5O2/c1-14(2)22-18(25(35)30-12-21(33(3)4)15-5-8-17(28)9-6-15)13-34-23(22)26(36)31-24(32-34)16-7-10-19(27)20(29)11-16/h5-11,13-14,21H,12H2,1-4H3,(H,30,35)(H,31,32,36). The molecule has 0 aliphatic rings. The molecule has 0 radical (unpaired) electrons. The molecule has 1 atom stereocenters. The third-order valence-corrected chi connectivity index (χ3v) is 6.34. The topological polar surface area (TPSA) is 82.5 Å². The van der Waals surface area contributed by atoms with E-state index in [0.29, 0.717) is 16.7 Å². The van der Waals surface area contributed by atoms with Crippen molar-refractivity contribution in [2.75, 3.05) is 20.6 Å². The third kappa shape index (κ3) is 5.03. The number of H-pyrrole nitrogens is 1. The van der Waals surface area contributed by atoms with Crippen LogP contribution < -0.4 is 10.9 Å². The molecule has 0 aliphatic heterocycles. The highest BCUT2D eigenvalue weighted by molar-refractivity contribution is 6.30. The molecule has 36 heavy (non-hydrogen) atoms. The molecule has 1 amide bonds. The van der Waals surface area contributed by atoms with Crippen molar-refractivity contribution in [2.24, 2.45) is 0 Å². The van der Waals surface area contributed by atoms with Gasteiger partial charge in [0, 0.05) is 23.9 Å². The monoisotopic (exact) mass is 513 g/mol. The summed E-state index contributed by atoms with van der Waals surface area (Å²) in [7, 11) is 3.74. The molecule has 0 saturated heterocycles. The van der Waals surface area contributed by atoms with Gasteiger partial charge in [-0.05, 0) is 55.9 Å². The van der Waals surface area contributed by atoms with Crippen LogP contribution in [0.5, 0.6) is 0 Å². The van der Waals surface area contributed by atoms with Crippen LogP contribution in [0, 0.1) is 11.6 Å². The first-order valence-corrected chi connectivity index (χ1v) is 11.8. The van der Waals surface area contributed by atoms with Crippen LogP contribution >= 0.6 is 11.6 Å². The van der Waals surface area contributed by atoms with Crippen molar-refractivity contribution in [3.8, 4) is 11.4 Å². The fraction of sp³-hybridized carbons (Fsp3) is 0.269. The highest BCUT2D eigenvalue weighted by atomic mass is 35.5. The summed E-state index contributed by atoms with van der Waals surface area (Å²) in [5.41, 5.74) is 1.87. The molecule has 4 aromatic rings. The number of aromatic nitrogens is 3. The number of likely N-dealkylation sites (N-methyl/N-ethyl adjacent to an activating group) is 1. The van der Waals surface area contributed by atoms with Gasteiger partial charge < -0.3 is 15.2 Å². The second-order valence-electron chi connectivity index (χ2n) is 9.08. The third-order valence-electron chi connectivity index (χ3n) is 6.03. The van der Waals surface area contributed by atoms with Gasteiger partial charge in [-0.2, -0.15) is 0 Å². The average molecular weight is 514 g/mol. The molecule has 0 bridgehead atoms. The van der Waals surface area contributed by atoms with Crippen molar-refractivity contribution in [1.29, 1.82) is 0 Å². The number of hydrogen-bond acceptors (Lipinski definition) is 4. The first-order valence-electron chi connectivity index (χ1n) is 11.4. The van der Waals surface area contributed by atoms with Crippen LogP contribution in [0.1, 0.15) is 47.3 Å². The first-order chi connectivity index (χ1) is 17.1. The number of amides is 1. The highest BCUT2D eigenvalue weighted by Crippen LogP contribution is 2.27. The van der Waals surface area contributed by atoms with Gasteiger partial charge in [0.2, 0.25) is 0 Å². The van der Waals surface area contributed by atoms with Gasteiger partial charge in [0.15, 0.2) is 5.82 Å². The lowest BCUT2D eigenvalue weighted by atomic mass is 9.99. The predicted molar refractivity (Wildman–Crippen MR) is 135 cm³/mol. The van der Waals surface area contributed by atoms with Crippen molar-refractivity contribution in [2.45, 2.75) is 25.8 Å². The first kappa shape index (κ1) is 25.5. The lowest BCUT2D eigenvalue weighted by molar-refractivity contribution is 0.0940. The summed E-state index contributed by atoms with van der Waals surface area (Å²) in [6.07, 6.45) is 1.51. The van der Waals surface area contributed by atoms with E-state index in [4.69, 9.17) is 11.6 Å². The molecule has 2 N–H and O–H groups in total. The fourth-order valence-corrected chi connectivity index (χ4v) is 4.34. The predicted octanol–water partition coefficient (Wildman–Crippen LogP) is 4.78. The normalized spacial score (nSPS) is 12.5. The summed E-state index contributed by atoms with van der Waals surface area (Å²) >= 11 is 5.77. The Hall–Kier alpha value is -3.56. The molecule has 0 fully saturated rings. The quantitative estimate of drug-likeness (QED) is 0.373. The van der Waals surface area contributed by atoms with Gasteiger partial charge in [0.25, 0.3) is 11.5 Å². The Balaban J connectivity index is 1.69. The SMILES string of the molecule is CC(C)c1c(C(=O)NCC(c2ccc(F)cc2)N(C)C)cn2nc(-c3ccc(Cl)c(F)c3)[nH]c(=O)c12. The minimum absolute atomic E-state index is 0.0409. The molecular formula is C26H26ClF2N5O2. The van der Waals surface area contributed by atoms with Gasteiger partial charge in [-0.1, -0.05) is 37.6 Å². The number of carbonyl (C=O) groups excluding carboxylic acids is 1. The maximum absolute atomic E-state index is 14.0. The molecule has 1 unspecified atom stereocenters. The molecular weight excluding hydrogens is 488 g/mol. The molecule has 2 aromatic heterocycles. The second-order valence-corrected chi connectivity index (χ2v) is 9.48. The fourth-order valence-electron chi connectivity index (χ4n) is 4.22. The Morgan fingerprint density at radius 3 is 2.47 bits per heavy atom. The van der Waals surface area contributed by atoms with Crippen molar-refractivity contribution < 1.29 is 13.6 Å². The van der Waals surface area contributed by atoms with E-state index in [1.165, 1.54) is 35.0 Å². The maximum Gasteiger partial charge on any atom is 0.275 e. The summed E-state index contributed by atoms with van der Waals surface area (Å²) in [5.74, 6) is -1.34. The van der Waals surface area contributed by atoms with Gasteiger partial charge in [-0.15, -0.1) is 5.10 Å². The largest absolute Gasteiger partial charge is 0.350 e. The molecule has 0 saturated carbocycles. The summed E-state index contributed by atoms with van der Waals surface area (Å²) in [6.45, 7) is 4.03. The summed E-state index contributed by atoms with van der Waals surface area (Å²) in [4.78, 5) is 31.0. The van der Waals surface area contributed by atoms with Crippen molar-refractivity contribution in [1.82, 2.24) is 24.8 Å². The lowest BCUT2D eigenvalue weighted by Gasteiger charge is -2.25. The number of aromatic amines is 1. The van der Waals surface area contributed by atoms with Gasteiger partial charge in [0.05, 0.1) is 16.6 Å². The summed E-state index contributed by atoms with van der Waals surface area (Å²) in [5, 5.41) is 7.33. The molecule has 2 aromatic carbocycles. The van der Waals surface area contributed by atoms with E-state index in [-0.39, 0.29) is 46.6 Å². The Bertz CT molecular complexity index is 1480. The molecule has 7 nitrogen and oxygen atoms in total. The van der Waals surface area contributed by atoms with Crippen LogP contribution in [-0.2, 0) is 0 Å². The van der Waals surface area contributed by atoms with Gasteiger partial charge in [-0.3, -0.25) is 9.59 Å². The zero-order chi connectivity index (χ0) is 26.1. The van der Waals surface area contributed by atoms with Crippen molar-refractivity contribution >= 4 is 23.0 Å².